The summed E-state index contributed by atoms with van der Waals surface area (Å²) in [6, 6.07) is 24.7. The molecule has 0 saturated carbocycles. The average Bonchev–Trinajstić information content (AvgIpc) is 3.44. The molecule has 0 saturated heterocycles. The van der Waals surface area contributed by atoms with Crippen LogP contribution < -0.4 is 14.3 Å². The largest absolute Gasteiger partial charge is 0.454 e. The summed E-state index contributed by atoms with van der Waals surface area (Å²) in [4.78, 5) is 5.20. The van der Waals surface area contributed by atoms with Gasteiger partial charge in [0.1, 0.15) is 0 Å². The Morgan fingerprint density at radius 2 is 1.60 bits per heavy atom. The van der Waals surface area contributed by atoms with Gasteiger partial charge in [-0.3, -0.25) is 4.99 Å². The van der Waals surface area contributed by atoms with Gasteiger partial charge in [0.2, 0.25) is 11.6 Å². The van der Waals surface area contributed by atoms with Crippen LogP contribution in [0.15, 0.2) is 88.3 Å². The van der Waals surface area contributed by atoms with Crippen molar-refractivity contribution in [3.8, 4) is 33.9 Å². The summed E-state index contributed by atoms with van der Waals surface area (Å²) in [5, 5.41) is 6.78. The van der Waals surface area contributed by atoms with Gasteiger partial charge in [0.15, 0.2) is 11.5 Å². The Morgan fingerprint density at radius 3 is 2.40 bits per heavy atom. The third-order valence-electron chi connectivity index (χ3n) is 4.88. The maximum Gasteiger partial charge on any atom is 0.231 e. The molecule has 1 aliphatic rings. The number of fused-ring (bicyclic) bond motifs is 1. The van der Waals surface area contributed by atoms with E-state index in [-0.39, 0.29) is 6.79 Å². The zero-order valence-electron chi connectivity index (χ0n) is 16.4. The van der Waals surface area contributed by atoms with Crippen LogP contribution in [-0.4, -0.2) is 24.7 Å². The molecule has 0 bridgehead atoms. The Labute approximate surface area is 178 Å². The highest BCUT2D eigenvalue weighted by Crippen LogP contribution is 2.32. The second-order valence-electron chi connectivity index (χ2n) is 6.74. The van der Waals surface area contributed by atoms with Gasteiger partial charge in [-0.2, -0.15) is 5.10 Å². The zero-order chi connectivity index (χ0) is 20.3. The number of hydrogen-bond acceptors (Lipinski definition) is 5. The van der Waals surface area contributed by atoms with E-state index in [1.54, 1.807) is 18.4 Å². The molecular formula is C24H19N3O2S. The van der Waals surface area contributed by atoms with Crippen LogP contribution >= 0.6 is 11.3 Å². The van der Waals surface area contributed by atoms with Crippen molar-refractivity contribution in [3.63, 3.8) is 0 Å². The van der Waals surface area contributed by atoms with E-state index < -0.39 is 0 Å². The van der Waals surface area contributed by atoms with Gasteiger partial charge in [0, 0.05) is 18.0 Å². The molecule has 3 aromatic carbocycles. The number of thiazole rings is 1. The molecule has 4 aromatic rings. The molecule has 1 aliphatic heterocycles. The minimum absolute atomic E-state index is 0.261. The van der Waals surface area contributed by atoms with Crippen LogP contribution in [-0.2, 0) is 0 Å². The summed E-state index contributed by atoms with van der Waals surface area (Å²) in [6.45, 7) is 0.261. The fraction of sp³-hybridized carbons (Fsp3) is 0.0833. The zero-order valence-corrected chi connectivity index (χ0v) is 17.2. The lowest BCUT2D eigenvalue weighted by Gasteiger charge is -2.06. The number of benzene rings is 3. The molecule has 0 atom stereocenters. The second-order valence-corrected chi connectivity index (χ2v) is 7.58. The van der Waals surface area contributed by atoms with E-state index in [9.17, 15) is 0 Å². The topological polar surface area (TPSA) is 48.1 Å². The minimum atomic E-state index is 0.261. The number of rotatable bonds is 4. The Bertz CT molecular complexity index is 1270. The van der Waals surface area contributed by atoms with Gasteiger partial charge in [-0.25, -0.2) is 4.68 Å². The van der Waals surface area contributed by atoms with Crippen LogP contribution in [0.1, 0.15) is 5.56 Å². The summed E-state index contributed by atoms with van der Waals surface area (Å²) in [5.74, 6) is 1.50. The van der Waals surface area contributed by atoms with E-state index in [1.807, 2.05) is 35.2 Å². The first kappa shape index (κ1) is 18.4. The highest BCUT2D eigenvalue weighted by atomic mass is 32.1. The SMILES string of the molecule is CN=c1scc(-c2ccc(-c3ccccc3)cc2)n1N=Cc1ccc2c(c1)OCO2. The monoisotopic (exact) mass is 413 g/mol. The van der Waals surface area contributed by atoms with Crippen LogP contribution in [0.3, 0.4) is 0 Å². The Kier molecular flexibility index (Phi) is 4.91. The van der Waals surface area contributed by atoms with E-state index in [0.29, 0.717) is 0 Å². The maximum absolute atomic E-state index is 5.45. The number of aromatic nitrogens is 1. The van der Waals surface area contributed by atoms with Crippen molar-refractivity contribution in [1.29, 1.82) is 0 Å². The number of nitrogens with zero attached hydrogens (tertiary/aromatic N) is 3. The van der Waals surface area contributed by atoms with Gasteiger partial charge < -0.3 is 9.47 Å². The van der Waals surface area contributed by atoms with Gasteiger partial charge in [0.25, 0.3) is 0 Å². The summed E-state index contributed by atoms with van der Waals surface area (Å²) in [5.41, 5.74) is 5.41. The molecule has 148 valence electrons. The van der Waals surface area contributed by atoms with Gasteiger partial charge >= 0.3 is 0 Å². The van der Waals surface area contributed by atoms with Crippen molar-refractivity contribution in [1.82, 2.24) is 4.68 Å². The molecule has 0 amide bonds. The minimum Gasteiger partial charge on any atom is -0.454 e. The third-order valence-corrected chi connectivity index (χ3v) is 5.79. The molecule has 0 aliphatic carbocycles. The quantitative estimate of drug-likeness (QED) is 0.441. The molecule has 2 heterocycles. The van der Waals surface area contributed by atoms with Crippen molar-refractivity contribution < 1.29 is 9.47 Å². The fourth-order valence-corrected chi connectivity index (χ4v) is 4.15. The number of ether oxygens (including phenoxy) is 2. The predicted molar refractivity (Wildman–Crippen MR) is 120 cm³/mol. The van der Waals surface area contributed by atoms with Gasteiger partial charge in [-0.05, 0) is 34.9 Å². The Morgan fingerprint density at radius 1 is 0.867 bits per heavy atom. The predicted octanol–water partition coefficient (Wildman–Crippen LogP) is 5.03. The molecule has 0 unspecified atom stereocenters. The van der Waals surface area contributed by atoms with Crippen LogP contribution in [0.4, 0.5) is 0 Å². The maximum atomic E-state index is 5.45. The molecule has 0 fully saturated rings. The van der Waals surface area contributed by atoms with E-state index in [0.717, 1.165) is 33.1 Å². The van der Waals surface area contributed by atoms with E-state index >= 15 is 0 Å². The van der Waals surface area contributed by atoms with Crippen molar-refractivity contribution in [2.75, 3.05) is 13.8 Å². The molecule has 6 heteroatoms. The highest BCUT2D eigenvalue weighted by Gasteiger charge is 2.13. The highest BCUT2D eigenvalue weighted by molar-refractivity contribution is 7.07. The van der Waals surface area contributed by atoms with Crippen molar-refractivity contribution in [2.45, 2.75) is 0 Å². The average molecular weight is 414 g/mol. The van der Waals surface area contributed by atoms with Gasteiger partial charge in [0.05, 0.1) is 11.9 Å². The molecule has 0 spiro atoms. The van der Waals surface area contributed by atoms with Crippen LogP contribution in [0.25, 0.3) is 22.4 Å². The molecule has 30 heavy (non-hydrogen) atoms. The lowest BCUT2D eigenvalue weighted by Crippen LogP contribution is -2.11. The number of hydrogen-bond donors (Lipinski definition) is 0. The van der Waals surface area contributed by atoms with Crippen LogP contribution in [0, 0.1) is 0 Å². The summed E-state index contributed by atoms with van der Waals surface area (Å²) < 4.78 is 12.7. The first-order valence-electron chi connectivity index (χ1n) is 9.55. The summed E-state index contributed by atoms with van der Waals surface area (Å²) in [7, 11) is 1.78. The summed E-state index contributed by atoms with van der Waals surface area (Å²) >= 11 is 1.56. The first-order chi connectivity index (χ1) is 14.8. The van der Waals surface area contributed by atoms with Gasteiger partial charge in [-0.15, -0.1) is 11.3 Å². The standard InChI is InChI=1S/C24H19N3O2S/c1-25-24-27(26-14-17-7-12-22-23(13-17)29-16-28-22)21(15-30-24)20-10-8-19(9-11-20)18-5-3-2-4-6-18/h2-15H,16H2,1H3. The second kappa shape index (κ2) is 8.00. The molecule has 0 radical (unpaired) electrons. The first-order valence-corrected chi connectivity index (χ1v) is 10.4. The van der Waals surface area contributed by atoms with Crippen LogP contribution in [0.2, 0.25) is 0 Å². The summed E-state index contributed by atoms with van der Waals surface area (Å²) in [6.07, 6.45) is 1.81. The molecule has 5 nitrogen and oxygen atoms in total. The normalized spacial score (nSPS) is 13.3. The lowest BCUT2D eigenvalue weighted by molar-refractivity contribution is 0.174. The van der Waals surface area contributed by atoms with E-state index in [1.165, 1.54) is 11.1 Å². The molecular weight excluding hydrogens is 394 g/mol. The smallest absolute Gasteiger partial charge is 0.231 e. The van der Waals surface area contributed by atoms with Crippen LogP contribution in [0.5, 0.6) is 11.5 Å². The van der Waals surface area contributed by atoms with Crippen molar-refractivity contribution in [2.24, 2.45) is 10.1 Å². The molecule has 5 rings (SSSR count). The fourth-order valence-electron chi connectivity index (χ4n) is 3.34. The molecule has 1 aromatic heterocycles. The van der Waals surface area contributed by atoms with E-state index in [4.69, 9.17) is 14.6 Å². The Balaban J connectivity index is 1.48. The lowest BCUT2D eigenvalue weighted by atomic mass is 10.0. The molecule has 0 N–H and O–H groups in total. The Hall–Kier alpha value is -3.64. The van der Waals surface area contributed by atoms with E-state index in [2.05, 4.69) is 58.9 Å². The third kappa shape index (κ3) is 3.53. The van der Waals surface area contributed by atoms with Crippen molar-refractivity contribution >= 4 is 17.6 Å². The van der Waals surface area contributed by atoms with Crippen molar-refractivity contribution in [3.05, 3.63) is 88.5 Å². The van der Waals surface area contributed by atoms with Gasteiger partial charge in [-0.1, -0.05) is 54.6 Å².